The summed E-state index contributed by atoms with van der Waals surface area (Å²) in [6.07, 6.45) is 8.43. The summed E-state index contributed by atoms with van der Waals surface area (Å²) in [4.78, 5) is 14.9. The zero-order valence-corrected chi connectivity index (χ0v) is 19.4. The van der Waals surface area contributed by atoms with E-state index >= 15 is 0 Å². The predicted molar refractivity (Wildman–Crippen MR) is 123 cm³/mol. The van der Waals surface area contributed by atoms with Gasteiger partial charge in [0.05, 0.1) is 28.7 Å². The second-order valence-corrected chi connectivity index (χ2v) is 9.18. The van der Waals surface area contributed by atoms with Gasteiger partial charge in [0.15, 0.2) is 0 Å². The van der Waals surface area contributed by atoms with Gasteiger partial charge in [-0.3, -0.25) is 9.69 Å². The number of anilines is 1. The first-order valence-electron chi connectivity index (χ1n) is 10.3. The van der Waals surface area contributed by atoms with Crippen LogP contribution in [0.1, 0.15) is 38.3 Å². The summed E-state index contributed by atoms with van der Waals surface area (Å²) in [5, 5.41) is 0. The van der Waals surface area contributed by atoms with Crippen LogP contribution >= 0.6 is 15.9 Å². The van der Waals surface area contributed by atoms with E-state index in [4.69, 9.17) is 9.47 Å². The molecular weight excluding hydrogens is 461 g/mol. The number of carbonyl (C=O) groups excluding carboxylic acids is 1. The molecule has 0 saturated carbocycles. The van der Waals surface area contributed by atoms with Crippen LogP contribution in [0.5, 0.6) is 11.5 Å². The van der Waals surface area contributed by atoms with Crippen LogP contribution in [0, 0.1) is 11.2 Å². The number of carbonyl (C=O) groups is 1. The molecule has 4 nitrogen and oxygen atoms in total. The number of amides is 1. The van der Waals surface area contributed by atoms with E-state index in [1.54, 1.807) is 18.1 Å². The van der Waals surface area contributed by atoms with Crippen LogP contribution < -0.4 is 14.4 Å². The first-order valence-corrected chi connectivity index (χ1v) is 11.1. The number of ether oxygens (including phenoxy) is 2. The van der Waals surface area contributed by atoms with E-state index in [9.17, 15) is 9.18 Å². The topological polar surface area (TPSA) is 38.8 Å². The number of allylic oxidation sites excluding steroid dienone is 2. The molecule has 1 unspecified atom stereocenters. The Labute approximate surface area is 190 Å². The Hall–Kier alpha value is -2.60. The summed E-state index contributed by atoms with van der Waals surface area (Å²) in [7, 11) is 1.55. The summed E-state index contributed by atoms with van der Waals surface area (Å²) < 4.78 is 26.4. The molecule has 0 aromatic heterocycles. The first-order chi connectivity index (χ1) is 14.8. The monoisotopic (exact) mass is 485 g/mol. The van der Waals surface area contributed by atoms with Crippen molar-refractivity contribution in [3.8, 4) is 11.5 Å². The third-order valence-electron chi connectivity index (χ3n) is 5.87. The molecule has 2 aliphatic rings. The van der Waals surface area contributed by atoms with E-state index in [1.165, 1.54) is 6.07 Å². The lowest BCUT2D eigenvalue weighted by Gasteiger charge is -2.53. The van der Waals surface area contributed by atoms with Gasteiger partial charge >= 0.3 is 0 Å². The third-order valence-corrected chi connectivity index (χ3v) is 6.48. The minimum absolute atomic E-state index is 0.0456. The molecule has 4 rings (SSSR count). The lowest BCUT2D eigenvalue weighted by atomic mass is 9.70. The summed E-state index contributed by atoms with van der Waals surface area (Å²) in [5.74, 6) is 0.703. The number of methoxy groups -OCH3 is 1. The van der Waals surface area contributed by atoms with Crippen LogP contribution in [0.4, 0.5) is 10.1 Å². The number of β-lactam (4-membered cyclic amide) rings is 1. The Balaban J connectivity index is 1.71. The minimum atomic E-state index is -0.713. The van der Waals surface area contributed by atoms with Crippen molar-refractivity contribution < 1.29 is 18.7 Å². The molecule has 6 heteroatoms. The summed E-state index contributed by atoms with van der Waals surface area (Å²) >= 11 is 3.21. The number of para-hydroxylation sites is 2. The maximum absolute atomic E-state index is 14.5. The van der Waals surface area contributed by atoms with E-state index < -0.39 is 17.3 Å². The number of hydrogen-bond donors (Lipinski definition) is 0. The van der Waals surface area contributed by atoms with Gasteiger partial charge in [-0.15, -0.1) is 0 Å². The highest BCUT2D eigenvalue weighted by Gasteiger charge is 2.57. The molecule has 1 atom stereocenters. The number of benzene rings is 2. The van der Waals surface area contributed by atoms with Crippen LogP contribution in [-0.4, -0.2) is 19.6 Å². The Morgan fingerprint density at radius 3 is 2.68 bits per heavy atom. The lowest BCUT2D eigenvalue weighted by molar-refractivity contribution is -0.137. The number of rotatable bonds is 6. The third kappa shape index (κ3) is 3.89. The van der Waals surface area contributed by atoms with Gasteiger partial charge in [-0.25, -0.2) is 4.39 Å². The van der Waals surface area contributed by atoms with Gasteiger partial charge in [0, 0.05) is 5.56 Å². The zero-order valence-electron chi connectivity index (χ0n) is 17.8. The molecule has 31 heavy (non-hydrogen) atoms. The van der Waals surface area contributed by atoms with Gasteiger partial charge in [0.1, 0.15) is 23.9 Å². The second-order valence-electron chi connectivity index (χ2n) is 8.32. The fourth-order valence-electron chi connectivity index (χ4n) is 4.23. The fourth-order valence-corrected chi connectivity index (χ4v) is 4.55. The summed E-state index contributed by atoms with van der Waals surface area (Å²) in [6.45, 7) is 4.17. The van der Waals surface area contributed by atoms with E-state index in [0.29, 0.717) is 33.8 Å². The van der Waals surface area contributed by atoms with Crippen LogP contribution in [0.2, 0.25) is 0 Å². The molecule has 1 saturated heterocycles. The lowest BCUT2D eigenvalue weighted by Crippen LogP contribution is -2.61. The minimum Gasteiger partial charge on any atom is -0.496 e. The molecule has 0 radical (unpaired) electrons. The molecule has 162 valence electrons. The number of nitrogens with zero attached hydrogens (tertiary/aromatic N) is 1. The summed E-state index contributed by atoms with van der Waals surface area (Å²) in [5.41, 5.74) is 1.70. The second kappa shape index (κ2) is 8.50. The number of halogens is 2. The van der Waals surface area contributed by atoms with Gasteiger partial charge in [-0.05, 0) is 72.5 Å². The van der Waals surface area contributed by atoms with Crippen molar-refractivity contribution in [3.05, 3.63) is 76.1 Å². The largest absolute Gasteiger partial charge is 0.496 e. The molecular formula is C25H25BrFNO3. The average Bonchev–Trinajstić information content (AvgIpc) is 2.78. The van der Waals surface area contributed by atoms with Crippen molar-refractivity contribution >= 4 is 27.5 Å². The highest BCUT2D eigenvalue weighted by atomic mass is 79.9. The van der Waals surface area contributed by atoms with Crippen molar-refractivity contribution in [2.45, 2.75) is 32.7 Å². The van der Waals surface area contributed by atoms with Crippen LogP contribution in [0.15, 0.2) is 64.7 Å². The molecule has 2 aromatic carbocycles. The van der Waals surface area contributed by atoms with Crippen LogP contribution in [0.3, 0.4) is 0 Å². The van der Waals surface area contributed by atoms with Gasteiger partial charge in [-0.2, -0.15) is 0 Å². The molecule has 0 spiro atoms. The van der Waals surface area contributed by atoms with Gasteiger partial charge < -0.3 is 9.47 Å². The molecule has 1 heterocycles. The fraction of sp³-hybridized carbons (Fsp3) is 0.320. The molecule has 1 aliphatic heterocycles. The van der Waals surface area contributed by atoms with E-state index in [-0.39, 0.29) is 5.91 Å². The Bertz CT molecular complexity index is 1080. The predicted octanol–water partition coefficient (Wildman–Crippen LogP) is 6.37. The molecule has 0 N–H and O–H groups in total. The van der Waals surface area contributed by atoms with Crippen LogP contribution in [0.25, 0.3) is 0 Å². The zero-order chi connectivity index (χ0) is 22.2. The highest BCUT2D eigenvalue weighted by molar-refractivity contribution is 9.10. The van der Waals surface area contributed by atoms with Crippen molar-refractivity contribution in [1.29, 1.82) is 0 Å². The average molecular weight is 486 g/mol. The van der Waals surface area contributed by atoms with Crippen molar-refractivity contribution in [2.75, 3.05) is 18.6 Å². The Morgan fingerprint density at radius 1 is 1.19 bits per heavy atom. The maximum atomic E-state index is 14.5. The number of hydrogen-bond acceptors (Lipinski definition) is 3. The quantitative estimate of drug-likeness (QED) is 0.446. The van der Waals surface area contributed by atoms with E-state index in [2.05, 4.69) is 34.2 Å². The van der Waals surface area contributed by atoms with Gasteiger partial charge in [0.25, 0.3) is 0 Å². The molecule has 1 amide bonds. The van der Waals surface area contributed by atoms with E-state index in [1.807, 2.05) is 38.1 Å². The maximum Gasteiger partial charge on any atom is 0.235 e. The summed E-state index contributed by atoms with van der Waals surface area (Å²) in [6, 6.07) is 10.1. The first kappa shape index (κ1) is 21.6. The SMILES string of the molecule is COc1cc(Br)c(F)cc1C1N(c2ccccc2OCC2=CCCC=C2)C(=O)C1(C)C. The normalized spacial score (nSPS) is 19.6. The van der Waals surface area contributed by atoms with E-state index in [0.717, 1.165) is 18.4 Å². The standard InChI is InChI=1S/C25H25BrFNO3/c1-25(2)23(17-13-19(27)18(26)14-22(17)30-3)28(24(25)29)20-11-7-8-12-21(20)31-15-16-9-5-4-6-10-16/h5,7-14,23H,4,6,15H2,1-3H3. The molecule has 2 aromatic rings. The van der Waals surface area contributed by atoms with Crippen LogP contribution in [-0.2, 0) is 4.79 Å². The van der Waals surface area contributed by atoms with Crippen molar-refractivity contribution in [1.82, 2.24) is 0 Å². The Morgan fingerprint density at radius 2 is 1.97 bits per heavy atom. The van der Waals surface area contributed by atoms with Gasteiger partial charge in [0.2, 0.25) is 5.91 Å². The smallest absolute Gasteiger partial charge is 0.235 e. The molecule has 1 aliphatic carbocycles. The van der Waals surface area contributed by atoms with Gasteiger partial charge in [-0.1, -0.05) is 30.4 Å². The van der Waals surface area contributed by atoms with Crippen molar-refractivity contribution in [2.24, 2.45) is 5.41 Å². The Kier molecular flexibility index (Phi) is 5.93. The van der Waals surface area contributed by atoms with Crippen molar-refractivity contribution in [3.63, 3.8) is 0 Å². The highest BCUT2D eigenvalue weighted by Crippen LogP contribution is 2.55. The molecule has 0 bridgehead atoms. The molecule has 1 fully saturated rings.